The van der Waals surface area contributed by atoms with Gasteiger partial charge in [0, 0.05) is 6.04 Å². The van der Waals surface area contributed by atoms with Crippen LogP contribution in [0.4, 0.5) is 10.2 Å². The minimum atomic E-state index is -0.545. The van der Waals surface area contributed by atoms with Crippen LogP contribution in [0.2, 0.25) is 0 Å². The number of halogens is 1. The number of rotatable bonds is 3. The van der Waals surface area contributed by atoms with Crippen molar-refractivity contribution in [3.05, 3.63) is 24.0 Å². The summed E-state index contributed by atoms with van der Waals surface area (Å²) in [6.07, 6.45) is 3.34. The number of nitrogens with zero attached hydrogens (tertiary/aromatic N) is 4. The standard InChI is InChI=1S/C11H15FN6/c1-6(2)18-5-14-4-8(18)10-15-7(3)9(12)11(16-10)17-13/h4-6H,13H2,1-3H3,(H,15,16,17). The van der Waals surface area contributed by atoms with Gasteiger partial charge in [0.1, 0.15) is 5.69 Å². The molecular weight excluding hydrogens is 235 g/mol. The molecule has 0 unspecified atom stereocenters. The van der Waals surface area contributed by atoms with Gasteiger partial charge in [0.25, 0.3) is 0 Å². The summed E-state index contributed by atoms with van der Waals surface area (Å²) >= 11 is 0. The lowest BCUT2D eigenvalue weighted by atomic mass is 10.3. The maximum absolute atomic E-state index is 13.6. The molecule has 0 saturated carbocycles. The first-order valence-corrected chi connectivity index (χ1v) is 5.57. The first kappa shape index (κ1) is 12.4. The lowest BCUT2D eigenvalue weighted by Gasteiger charge is -2.12. The molecule has 0 aliphatic heterocycles. The molecule has 0 aromatic carbocycles. The minimum absolute atomic E-state index is 0.0194. The first-order chi connectivity index (χ1) is 8.54. The average Bonchev–Trinajstić information content (AvgIpc) is 2.81. The molecule has 18 heavy (non-hydrogen) atoms. The summed E-state index contributed by atoms with van der Waals surface area (Å²) in [4.78, 5) is 12.2. The predicted octanol–water partition coefficient (Wildman–Crippen LogP) is 1.65. The SMILES string of the molecule is Cc1nc(-c2cncn2C(C)C)nc(NN)c1F. The van der Waals surface area contributed by atoms with Crippen LogP contribution >= 0.6 is 0 Å². The smallest absolute Gasteiger partial charge is 0.187 e. The summed E-state index contributed by atoms with van der Waals surface area (Å²) < 4.78 is 15.5. The Morgan fingerprint density at radius 3 is 2.72 bits per heavy atom. The van der Waals surface area contributed by atoms with E-state index in [9.17, 15) is 4.39 Å². The second kappa shape index (κ2) is 4.69. The number of imidazole rings is 1. The minimum Gasteiger partial charge on any atom is -0.325 e. The molecule has 96 valence electrons. The fourth-order valence-corrected chi connectivity index (χ4v) is 1.66. The summed E-state index contributed by atoms with van der Waals surface area (Å²) in [5, 5.41) is 0. The van der Waals surface area contributed by atoms with E-state index in [1.807, 2.05) is 18.4 Å². The third kappa shape index (κ3) is 2.04. The zero-order chi connectivity index (χ0) is 13.3. The molecule has 2 rings (SSSR count). The molecule has 2 heterocycles. The number of aryl methyl sites for hydroxylation is 1. The summed E-state index contributed by atoms with van der Waals surface area (Å²) in [7, 11) is 0. The molecule has 0 amide bonds. The first-order valence-electron chi connectivity index (χ1n) is 5.57. The van der Waals surface area contributed by atoms with Crippen molar-refractivity contribution in [2.45, 2.75) is 26.8 Å². The van der Waals surface area contributed by atoms with Crippen LogP contribution in [0.25, 0.3) is 11.5 Å². The molecule has 2 aromatic heterocycles. The van der Waals surface area contributed by atoms with Crippen molar-refractivity contribution in [2.24, 2.45) is 5.84 Å². The highest BCUT2D eigenvalue weighted by Crippen LogP contribution is 2.22. The number of hydrogen-bond donors (Lipinski definition) is 2. The van der Waals surface area contributed by atoms with Gasteiger partial charge in [0.15, 0.2) is 17.5 Å². The van der Waals surface area contributed by atoms with Gasteiger partial charge in [-0.25, -0.2) is 25.2 Å². The fraction of sp³-hybridized carbons (Fsp3) is 0.364. The van der Waals surface area contributed by atoms with Crippen LogP contribution in [-0.4, -0.2) is 19.5 Å². The monoisotopic (exact) mass is 250 g/mol. The molecule has 2 aromatic rings. The van der Waals surface area contributed by atoms with Crippen molar-refractivity contribution in [3.8, 4) is 11.5 Å². The molecule has 6 nitrogen and oxygen atoms in total. The summed E-state index contributed by atoms with van der Waals surface area (Å²) in [5.74, 6) is 5.07. The quantitative estimate of drug-likeness (QED) is 0.639. The highest BCUT2D eigenvalue weighted by molar-refractivity contribution is 5.53. The van der Waals surface area contributed by atoms with Crippen LogP contribution in [-0.2, 0) is 0 Å². The van der Waals surface area contributed by atoms with E-state index < -0.39 is 5.82 Å². The number of hydrazine groups is 1. The lowest BCUT2D eigenvalue weighted by molar-refractivity contribution is 0.595. The highest BCUT2D eigenvalue weighted by Gasteiger charge is 2.15. The largest absolute Gasteiger partial charge is 0.325 e. The Kier molecular flexibility index (Phi) is 3.24. The van der Waals surface area contributed by atoms with Crippen LogP contribution in [0, 0.1) is 12.7 Å². The summed E-state index contributed by atoms with van der Waals surface area (Å²) in [6.45, 7) is 5.60. The van der Waals surface area contributed by atoms with Crippen molar-refractivity contribution in [3.63, 3.8) is 0 Å². The van der Waals surface area contributed by atoms with E-state index in [1.54, 1.807) is 19.4 Å². The Morgan fingerprint density at radius 1 is 1.39 bits per heavy atom. The zero-order valence-corrected chi connectivity index (χ0v) is 10.5. The van der Waals surface area contributed by atoms with Gasteiger partial charge in [-0.3, -0.25) is 0 Å². The van der Waals surface area contributed by atoms with E-state index in [0.717, 1.165) is 5.69 Å². The van der Waals surface area contributed by atoms with E-state index in [4.69, 9.17) is 5.84 Å². The third-order valence-corrected chi connectivity index (χ3v) is 2.61. The second-order valence-corrected chi connectivity index (χ2v) is 4.22. The average molecular weight is 250 g/mol. The zero-order valence-electron chi connectivity index (χ0n) is 10.5. The maximum Gasteiger partial charge on any atom is 0.187 e. The third-order valence-electron chi connectivity index (χ3n) is 2.61. The normalized spacial score (nSPS) is 11.0. The van der Waals surface area contributed by atoms with Crippen molar-refractivity contribution in [2.75, 3.05) is 5.43 Å². The van der Waals surface area contributed by atoms with Gasteiger partial charge in [-0.15, -0.1) is 0 Å². The molecule has 7 heteroatoms. The molecule has 3 N–H and O–H groups in total. The molecule has 0 fully saturated rings. The Balaban J connectivity index is 2.57. The Bertz CT molecular complexity index is 563. The molecule has 0 saturated heterocycles. The number of nitrogen functional groups attached to an aromatic ring is 1. The predicted molar refractivity (Wildman–Crippen MR) is 66.1 cm³/mol. The number of nitrogens with two attached hydrogens (primary N) is 1. The Hall–Kier alpha value is -2.02. The summed E-state index contributed by atoms with van der Waals surface area (Å²) in [5.41, 5.74) is 3.20. The van der Waals surface area contributed by atoms with E-state index in [-0.39, 0.29) is 17.6 Å². The molecule has 0 spiro atoms. The van der Waals surface area contributed by atoms with E-state index >= 15 is 0 Å². The Labute approximate surface area is 104 Å². The summed E-state index contributed by atoms with van der Waals surface area (Å²) in [6, 6.07) is 0.214. The van der Waals surface area contributed by atoms with Gasteiger partial charge in [0.2, 0.25) is 0 Å². The van der Waals surface area contributed by atoms with E-state index in [1.165, 1.54) is 0 Å². The topological polar surface area (TPSA) is 81.7 Å². The number of aromatic nitrogens is 4. The molecule has 0 radical (unpaired) electrons. The molecule has 0 bridgehead atoms. The maximum atomic E-state index is 13.6. The molecular formula is C11H15FN6. The Morgan fingerprint density at radius 2 is 2.11 bits per heavy atom. The van der Waals surface area contributed by atoms with Gasteiger partial charge in [-0.2, -0.15) is 0 Å². The van der Waals surface area contributed by atoms with Gasteiger partial charge >= 0.3 is 0 Å². The fourth-order valence-electron chi connectivity index (χ4n) is 1.66. The number of anilines is 1. The van der Waals surface area contributed by atoms with Gasteiger partial charge in [0.05, 0.1) is 18.2 Å². The lowest BCUT2D eigenvalue weighted by Crippen LogP contribution is -2.13. The highest BCUT2D eigenvalue weighted by atomic mass is 19.1. The van der Waals surface area contributed by atoms with Crippen molar-refractivity contribution in [1.82, 2.24) is 19.5 Å². The van der Waals surface area contributed by atoms with E-state index in [2.05, 4.69) is 20.4 Å². The van der Waals surface area contributed by atoms with Gasteiger partial charge in [-0.05, 0) is 20.8 Å². The second-order valence-electron chi connectivity index (χ2n) is 4.22. The van der Waals surface area contributed by atoms with Gasteiger partial charge < -0.3 is 9.99 Å². The van der Waals surface area contributed by atoms with Gasteiger partial charge in [-0.1, -0.05) is 0 Å². The molecule has 0 aliphatic rings. The molecule has 0 aliphatic carbocycles. The van der Waals surface area contributed by atoms with E-state index in [0.29, 0.717) is 5.82 Å². The van der Waals surface area contributed by atoms with Crippen LogP contribution in [0.1, 0.15) is 25.6 Å². The number of hydrogen-bond acceptors (Lipinski definition) is 5. The van der Waals surface area contributed by atoms with Crippen LogP contribution in [0.15, 0.2) is 12.5 Å². The number of nitrogens with one attached hydrogen (secondary N) is 1. The van der Waals surface area contributed by atoms with Crippen LogP contribution < -0.4 is 11.3 Å². The van der Waals surface area contributed by atoms with Crippen molar-refractivity contribution < 1.29 is 4.39 Å². The van der Waals surface area contributed by atoms with Crippen molar-refractivity contribution >= 4 is 5.82 Å². The molecule has 0 atom stereocenters. The van der Waals surface area contributed by atoms with Crippen LogP contribution in [0.3, 0.4) is 0 Å². The van der Waals surface area contributed by atoms with Crippen molar-refractivity contribution in [1.29, 1.82) is 0 Å². The van der Waals surface area contributed by atoms with Crippen LogP contribution in [0.5, 0.6) is 0 Å².